The van der Waals surface area contributed by atoms with E-state index in [4.69, 9.17) is 35.6 Å². The Morgan fingerprint density at radius 1 is 1.03 bits per heavy atom. The lowest BCUT2D eigenvalue weighted by atomic mass is 10.1. The third-order valence-electron chi connectivity index (χ3n) is 3.01. The molecule has 0 bridgehead atoms. The number of rotatable bonds is 16. The molecule has 5 nitrogen and oxygen atoms in total. The third kappa shape index (κ3) is 9.72. The van der Waals surface area contributed by atoms with Crippen LogP contribution >= 0.6 is 0 Å². The number of hydrogen-bond donors (Lipinski definition) is 4. The Morgan fingerprint density at radius 3 is 2.60 bits per heavy atom. The SMILES string of the molecule is [2H]c1cc([2H])c(C([2H])([2H])C([2H])([2H])C([2H])([2H])C([2H])([2H])OC([2H])([2H])C([2H])([2H])CCC([2H])([2H])C([2H])([2H])NC([2H])([2H])C(O)c2c([2H])c([2H])c(O)c(C([2H])([2H])O)c2[2H])c([2H])c1. The van der Waals surface area contributed by atoms with Crippen LogP contribution in [0, 0.1) is 0 Å². The summed E-state index contributed by atoms with van der Waals surface area (Å²) in [6.45, 7) is -19.3. The van der Waals surface area contributed by atoms with Crippen LogP contribution in [0.4, 0.5) is 0 Å². The second-order valence-corrected chi connectivity index (χ2v) is 5.07. The summed E-state index contributed by atoms with van der Waals surface area (Å²) in [6, 6.07) is -4.87. The first-order valence-electron chi connectivity index (χ1n) is 21.3. The summed E-state index contributed by atoms with van der Waals surface area (Å²) >= 11 is 0. The molecule has 0 aliphatic rings. The van der Waals surface area contributed by atoms with Crippen molar-refractivity contribution in [2.45, 2.75) is 57.4 Å². The number of hydrogen-bond acceptors (Lipinski definition) is 5. The first-order valence-corrected chi connectivity index (χ1v) is 8.30. The van der Waals surface area contributed by atoms with Crippen LogP contribution in [-0.2, 0) is 17.7 Å². The van der Waals surface area contributed by atoms with Crippen LogP contribution in [0.5, 0.6) is 5.75 Å². The van der Waals surface area contributed by atoms with E-state index < -0.39 is 142 Å². The summed E-state index contributed by atoms with van der Waals surface area (Å²) in [4.78, 5) is 0. The molecule has 0 aromatic heterocycles. The standard InChI is InChI=1S/C25H37NO4/c27-20-23-18-22(13-14-24(23)28)25(29)19-26-15-7-1-2-8-16-30-17-9-6-12-21-10-4-3-5-11-21/h3-5,10-11,13-14,18,25-29H,1-2,6-9,12,15-17,19-20H2/i3D,6D2,7D2,8D2,9D2,10D,11D,12D2,13D,14D,15D2,16D2,17D2,18D,19D2,20D2. The molecule has 30 heavy (non-hydrogen) atoms. The highest BCUT2D eigenvalue weighted by Gasteiger charge is 2.09. The van der Waals surface area contributed by atoms with E-state index in [0.29, 0.717) is 12.1 Å². The van der Waals surface area contributed by atoms with E-state index in [-0.39, 0.29) is 0 Å². The van der Waals surface area contributed by atoms with Gasteiger partial charge in [-0.1, -0.05) is 49.1 Å². The highest BCUT2D eigenvalue weighted by atomic mass is 16.5. The molecule has 0 heterocycles. The van der Waals surface area contributed by atoms with Gasteiger partial charge in [0, 0.05) is 44.4 Å². The van der Waals surface area contributed by atoms with Crippen molar-refractivity contribution in [2.24, 2.45) is 0 Å². The Kier molecular flexibility index (Phi) is 3.39. The van der Waals surface area contributed by atoms with Gasteiger partial charge in [-0.25, -0.2) is 0 Å². The summed E-state index contributed by atoms with van der Waals surface area (Å²) in [7, 11) is 0. The minimum atomic E-state index is -4.31. The fourth-order valence-electron chi connectivity index (χ4n) is 1.68. The Balaban J connectivity index is 2.41. The smallest absolute Gasteiger partial charge is 0.121 e. The number of ether oxygens (including phenoxy) is 1. The molecule has 2 aromatic carbocycles. The lowest BCUT2D eigenvalue weighted by Crippen LogP contribution is -2.22. The number of benzene rings is 2. The molecular weight excluding hydrogens is 378 g/mol. The lowest BCUT2D eigenvalue weighted by Gasteiger charge is -2.14. The fourth-order valence-corrected chi connectivity index (χ4v) is 1.68. The molecule has 0 fully saturated rings. The number of phenols is 1. The normalized spacial score (nSPS) is 29.7. The zero-order chi connectivity index (χ0) is 44.6. The van der Waals surface area contributed by atoms with Crippen molar-refractivity contribution in [1.29, 1.82) is 0 Å². The summed E-state index contributed by atoms with van der Waals surface area (Å²) < 4.78 is 214. The summed E-state index contributed by atoms with van der Waals surface area (Å²) in [6.07, 6.45) is -25.2. The van der Waals surface area contributed by atoms with Gasteiger partial charge in [-0.2, -0.15) is 0 Å². The minimum absolute atomic E-state index is 0.464. The summed E-state index contributed by atoms with van der Waals surface area (Å²) in [5.74, 6) is -1.41. The van der Waals surface area contributed by atoms with Crippen molar-refractivity contribution in [2.75, 3.05) is 26.1 Å². The van der Waals surface area contributed by atoms with Crippen molar-refractivity contribution >= 4 is 0 Å². The molecule has 0 saturated heterocycles. The van der Waals surface area contributed by atoms with Gasteiger partial charge < -0.3 is 25.4 Å². The van der Waals surface area contributed by atoms with Crippen molar-refractivity contribution < 1.29 is 55.7 Å². The van der Waals surface area contributed by atoms with Crippen LogP contribution in [-0.4, -0.2) is 41.4 Å². The van der Waals surface area contributed by atoms with Gasteiger partial charge in [0.05, 0.1) is 29.1 Å². The molecule has 5 heteroatoms. The zero-order valence-corrected chi connectivity index (χ0v) is 15.4. The van der Waals surface area contributed by atoms with Crippen LogP contribution in [0.15, 0.2) is 48.4 Å². The lowest BCUT2D eigenvalue weighted by molar-refractivity contribution is 0.126. The third-order valence-corrected chi connectivity index (χ3v) is 3.01. The molecular formula is C25H37NO4. The minimum Gasteiger partial charge on any atom is -0.508 e. The quantitative estimate of drug-likeness (QED) is 0.315. The molecule has 1 unspecified atom stereocenters. The molecule has 0 spiro atoms. The van der Waals surface area contributed by atoms with Crippen molar-refractivity contribution in [3.8, 4) is 5.75 Å². The molecule has 1 atom stereocenters. The largest absolute Gasteiger partial charge is 0.508 e. The van der Waals surface area contributed by atoms with Gasteiger partial charge in [0.1, 0.15) is 5.75 Å². The second-order valence-electron chi connectivity index (χ2n) is 5.07. The zero-order valence-electron chi connectivity index (χ0n) is 41.4. The van der Waals surface area contributed by atoms with Crippen LogP contribution in [0.2, 0.25) is 0 Å². The van der Waals surface area contributed by atoms with Gasteiger partial charge in [-0.15, -0.1) is 0 Å². The molecule has 0 saturated carbocycles. The van der Waals surface area contributed by atoms with E-state index in [2.05, 4.69) is 4.74 Å². The Labute approximate surface area is 217 Å². The van der Waals surface area contributed by atoms with E-state index in [9.17, 15) is 15.3 Å². The molecule has 166 valence electrons. The predicted molar refractivity (Wildman–Crippen MR) is 121 cm³/mol. The maximum absolute atomic E-state index is 10.8. The number of nitrogens with one attached hydrogen (secondary N) is 1. The van der Waals surface area contributed by atoms with Gasteiger partial charge in [-0.05, 0) is 61.6 Å². The summed E-state index contributed by atoms with van der Waals surface area (Å²) in [5, 5.41) is 32.0. The van der Waals surface area contributed by atoms with Gasteiger partial charge >= 0.3 is 0 Å². The molecule has 4 N–H and O–H groups in total. The second kappa shape index (κ2) is 15.0. The number of aliphatic hydroxyl groups is 2. The number of aromatic hydroxyl groups is 1. The molecule has 0 aliphatic carbocycles. The maximum Gasteiger partial charge on any atom is 0.121 e. The van der Waals surface area contributed by atoms with E-state index in [1.807, 2.05) is 0 Å². The van der Waals surface area contributed by atoms with E-state index in [1.165, 1.54) is 5.32 Å². The van der Waals surface area contributed by atoms with Crippen LogP contribution < -0.4 is 5.32 Å². The van der Waals surface area contributed by atoms with Gasteiger partial charge in [0.25, 0.3) is 0 Å². The van der Waals surface area contributed by atoms with Crippen molar-refractivity contribution in [3.05, 3.63) is 65.1 Å². The highest BCUT2D eigenvalue weighted by Crippen LogP contribution is 2.22. The molecule has 0 aliphatic heterocycles. The highest BCUT2D eigenvalue weighted by molar-refractivity contribution is 5.36. The van der Waals surface area contributed by atoms with Gasteiger partial charge in [0.15, 0.2) is 0 Å². The molecule has 0 radical (unpaired) electrons. The first-order chi connectivity index (χ1) is 24.5. The maximum atomic E-state index is 10.8. The summed E-state index contributed by atoms with van der Waals surface area (Å²) in [5.41, 5.74) is -3.73. The van der Waals surface area contributed by atoms with Crippen LogP contribution in [0.3, 0.4) is 0 Å². The fraction of sp³-hybridized carbons (Fsp3) is 0.520. The van der Waals surface area contributed by atoms with E-state index >= 15 is 0 Å². The average Bonchev–Trinajstić information content (AvgIpc) is 2.96. The van der Waals surface area contributed by atoms with Crippen LogP contribution in [0.25, 0.3) is 0 Å². The van der Waals surface area contributed by atoms with Crippen molar-refractivity contribution in [3.63, 3.8) is 0 Å². The van der Waals surface area contributed by atoms with E-state index in [0.717, 1.165) is 0 Å². The van der Waals surface area contributed by atoms with Crippen LogP contribution in [0.1, 0.15) is 96.8 Å². The van der Waals surface area contributed by atoms with Crippen molar-refractivity contribution in [1.82, 2.24) is 5.32 Å². The van der Waals surface area contributed by atoms with Gasteiger partial charge in [0.2, 0.25) is 0 Å². The number of aliphatic hydroxyl groups excluding tert-OH is 1. The van der Waals surface area contributed by atoms with Gasteiger partial charge in [-0.3, -0.25) is 0 Å². The Hall–Kier alpha value is -1.92. The first kappa shape index (κ1) is 6.79. The van der Waals surface area contributed by atoms with E-state index in [1.54, 1.807) is 0 Å². The molecule has 2 aromatic rings. The predicted octanol–water partition coefficient (Wildman–Crippen LogP) is 4.11. The Bertz CT molecular complexity index is 1770. The average molecular weight is 442 g/mol. The Morgan fingerprint density at radius 2 is 1.80 bits per heavy atom. The monoisotopic (exact) mass is 441 g/mol. The molecule has 0 amide bonds. The molecule has 2 rings (SSSR count). The topological polar surface area (TPSA) is 82.0 Å².